The molecule has 7 N–H and O–H groups in total. The zero-order valence-corrected chi connectivity index (χ0v) is 35.6. The predicted molar refractivity (Wildman–Crippen MR) is 229 cm³/mol. The van der Waals surface area contributed by atoms with Crippen LogP contribution in [0.25, 0.3) is 21.9 Å². The number of ketones is 3. The number of pyridine rings is 1. The Morgan fingerprint density at radius 2 is 1.61 bits per heavy atom. The molecule has 61 heavy (non-hydrogen) atoms. The number of unbranched alkanes of at least 4 members (excludes halogenated alkanes) is 4. The number of anilines is 1. The number of ether oxygens (including phenoxy) is 1. The molecule has 0 spiro atoms. The number of Topliss-reactive ketones (excluding diaryl/α,β-unsaturated/α-hetero) is 3. The number of rotatable bonds is 29. The van der Waals surface area contributed by atoms with Crippen LogP contribution in [0.2, 0.25) is 0 Å². The number of hydrogen-bond acceptors (Lipinski definition) is 11. The fourth-order valence-electron chi connectivity index (χ4n) is 7.39. The number of hydrogen-bond donors (Lipinski definition) is 4. The van der Waals surface area contributed by atoms with Crippen LogP contribution in [0, 0.1) is 23.5 Å². The van der Waals surface area contributed by atoms with Crippen molar-refractivity contribution in [3.05, 3.63) is 65.0 Å². The van der Waals surface area contributed by atoms with Gasteiger partial charge in [-0.15, -0.1) is 0 Å². The average molecular weight is 850 g/mol. The number of fused-ring (bicyclic) bond motifs is 3. The second-order valence-corrected chi connectivity index (χ2v) is 15.9. The van der Waals surface area contributed by atoms with Crippen LogP contribution in [-0.2, 0) is 48.1 Å². The normalized spacial score (nSPS) is 12.6. The van der Waals surface area contributed by atoms with E-state index in [9.17, 15) is 24.0 Å². The number of carbonyl (C=O) groups is 5. The molecule has 0 unspecified atom stereocenters. The summed E-state index contributed by atoms with van der Waals surface area (Å²) >= 11 is 0. The summed E-state index contributed by atoms with van der Waals surface area (Å²) in [7, 11) is 0. The number of nitrogens with two attached hydrogens (primary N) is 3. The molecule has 2 heterocycles. The summed E-state index contributed by atoms with van der Waals surface area (Å²) in [5.41, 5.74) is 13.3. The monoisotopic (exact) mass is 849 g/mol. The molecule has 2 aromatic carbocycles. The minimum atomic E-state index is -1.16. The number of aryl methyl sites for hydroxylation is 2. The van der Waals surface area contributed by atoms with Gasteiger partial charge in [-0.1, -0.05) is 58.2 Å². The van der Waals surface area contributed by atoms with Gasteiger partial charge >= 0.3 is 0 Å². The van der Waals surface area contributed by atoms with E-state index in [4.69, 9.17) is 27.1 Å². The maximum atomic E-state index is 15.5. The summed E-state index contributed by atoms with van der Waals surface area (Å²) in [5.74, 6) is 0.725. The molecule has 0 aliphatic heterocycles. The van der Waals surface area contributed by atoms with Crippen molar-refractivity contribution in [3.8, 4) is 0 Å². The summed E-state index contributed by atoms with van der Waals surface area (Å²) in [6.07, 6.45) is 4.76. The first-order valence-electron chi connectivity index (χ1n) is 21.3. The highest BCUT2D eigenvalue weighted by molar-refractivity contribution is 6.06. The van der Waals surface area contributed by atoms with Gasteiger partial charge in [-0.25, -0.2) is 24.6 Å². The number of amides is 2. The van der Waals surface area contributed by atoms with E-state index in [1.807, 2.05) is 24.3 Å². The number of carbonyl (C=O) groups excluding carboxylic acids is 5. The predicted octanol–water partition coefficient (Wildman–Crippen LogP) is 6.40. The van der Waals surface area contributed by atoms with Crippen LogP contribution in [0.3, 0.4) is 0 Å². The van der Waals surface area contributed by atoms with Gasteiger partial charge in [0.05, 0.1) is 36.9 Å². The molecule has 14 nitrogen and oxygen atoms in total. The Bertz CT molecular complexity index is 2120. The first kappa shape index (κ1) is 48.5. The van der Waals surface area contributed by atoms with Crippen LogP contribution >= 0.6 is 0 Å². The molecule has 0 radical (unpaired) electrons. The van der Waals surface area contributed by atoms with Gasteiger partial charge in [0.15, 0.2) is 17.4 Å². The van der Waals surface area contributed by atoms with Gasteiger partial charge in [-0.3, -0.25) is 24.0 Å². The summed E-state index contributed by atoms with van der Waals surface area (Å²) < 4.78 is 38.5. The standard InChI is InChI=1S/C45H61F2N7O7/c1-4-5-18-41-53-42-43(31-13-8-9-14-36(31)51-44(42)49)54(41)20-12-6-7-16-38(56)29-24-34(46)33(35(47)25-29)27-39(57)37(15-10-11-17-40(48)58)52-45(59)32(28(2)3)26-30(55)19-21-60-22-23-61-50/h8-9,13-14,24-25,28,32,37H,4-7,10-12,15-23,26-27,50H2,1-3H3,(H2,48,58)(H2,49,51)(H,52,59)/t32-,37-/m0/s1. The number of imidazole rings is 1. The van der Waals surface area contributed by atoms with Gasteiger partial charge in [-0.05, 0) is 56.2 Å². The molecule has 4 rings (SSSR count). The van der Waals surface area contributed by atoms with E-state index in [0.29, 0.717) is 43.6 Å². The Balaban J connectivity index is 1.38. The maximum absolute atomic E-state index is 15.5. The van der Waals surface area contributed by atoms with Gasteiger partial charge in [0, 0.05) is 67.5 Å². The van der Waals surface area contributed by atoms with E-state index in [0.717, 1.165) is 60.1 Å². The highest BCUT2D eigenvalue weighted by Gasteiger charge is 2.30. The largest absolute Gasteiger partial charge is 0.382 e. The van der Waals surface area contributed by atoms with E-state index >= 15 is 8.78 Å². The lowest BCUT2D eigenvalue weighted by Crippen LogP contribution is -2.46. The lowest BCUT2D eigenvalue weighted by molar-refractivity contribution is -0.134. The zero-order valence-electron chi connectivity index (χ0n) is 35.6. The van der Waals surface area contributed by atoms with E-state index in [1.165, 1.54) is 0 Å². The Morgan fingerprint density at radius 1 is 0.885 bits per heavy atom. The Labute approximate surface area is 355 Å². The molecular weight excluding hydrogens is 789 g/mol. The van der Waals surface area contributed by atoms with E-state index in [1.54, 1.807) is 13.8 Å². The third-order valence-electron chi connectivity index (χ3n) is 10.9. The van der Waals surface area contributed by atoms with Gasteiger partial charge in [0.1, 0.15) is 28.8 Å². The van der Waals surface area contributed by atoms with Crippen LogP contribution in [-0.4, -0.2) is 69.6 Å². The van der Waals surface area contributed by atoms with Gasteiger partial charge in [0.2, 0.25) is 11.8 Å². The molecule has 16 heteroatoms. The number of halogens is 2. The molecule has 0 saturated heterocycles. The van der Waals surface area contributed by atoms with E-state index < -0.39 is 59.0 Å². The van der Waals surface area contributed by atoms with Gasteiger partial charge < -0.3 is 30.9 Å². The topological polar surface area (TPSA) is 225 Å². The summed E-state index contributed by atoms with van der Waals surface area (Å²) in [4.78, 5) is 78.1. The third kappa shape index (κ3) is 14.2. The number of para-hydroxylation sites is 1. The lowest BCUT2D eigenvalue weighted by atomic mass is 9.88. The van der Waals surface area contributed by atoms with Crippen LogP contribution in [0.5, 0.6) is 0 Å². The number of aromatic nitrogens is 3. The number of primary amides is 1. The van der Waals surface area contributed by atoms with Crippen molar-refractivity contribution < 1.29 is 42.3 Å². The Morgan fingerprint density at radius 3 is 2.30 bits per heavy atom. The van der Waals surface area contributed by atoms with Crippen molar-refractivity contribution in [2.45, 2.75) is 123 Å². The zero-order chi connectivity index (χ0) is 44.5. The molecule has 4 aromatic rings. The lowest BCUT2D eigenvalue weighted by Gasteiger charge is -2.24. The third-order valence-corrected chi connectivity index (χ3v) is 10.9. The molecule has 2 aromatic heterocycles. The molecule has 0 aliphatic rings. The molecule has 332 valence electrons. The number of nitrogens with zero attached hydrogens (tertiary/aromatic N) is 3. The highest BCUT2D eigenvalue weighted by Crippen LogP contribution is 2.30. The van der Waals surface area contributed by atoms with Gasteiger partial charge in [0.25, 0.3) is 0 Å². The van der Waals surface area contributed by atoms with Crippen molar-refractivity contribution in [1.29, 1.82) is 0 Å². The van der Waals surface area contributed by atoms with Crippen molar-refractivity contribution in [1.82, 2.24) is 19.9 Å². The number of benzene rings is 2. The minimum Gasteiger partial charge on any atom is -0.382 e. The fourth-order valence-corrected chi connectivity index (χ4v) is 7.39. The van der Waals surface area contributed by atoms with Crippen molar-refractivity contribution in [2.24, 2.45) is 23.5 Å². The molecule has 2 amide bonds. The quantitative estimate of drug-likeness (QED) is 0.0266. The summed E-state index contributed by atoms with van der Waals surface area (Å²) in [5, 5.41) is 3.67. The number of nitrogen functional groups attached to an aromatic ring is 1. The smallest absolute Gasteiger partial charge is 0.224 e. The maximum Gasteiger partial charge on any atom is 0.224 e. The van der Waals surface area contributed by atoms with Crippen LogP contribution in [0.15, 0.2) is 36.4 Å². The Kier molecular flexibility index (Phi) is 19.3. The second-order valence-electron chi connectivity index (χ2n) is 15.9. The fraction of sp³-hybridized carbons (Fsp3) is 0.533. The molecule has 0 bridgehead atoms. The first-order chi connectivity index (χ1) is 29.2. The summed E-state index contributed by atoms with van der Waals surface area (Å²) in [6, 6.07) is 8.53. The van der Waals surface area contributed by atoms with Crippen LogP contribution in [0.1, 0.15) is 120 Å². The van der Waals surface area contributed by atoms with Crippen molar-refractivity contribution in [3.63, 3.8) is 0 Å². The molecule has 0 aliphatic carbocycles. The van der Waals surface area contributed by atoms with Crippen LogP contribution < -0.4 is 22.7 Å². The van der Waals surface area contributed by atoms with Crippen LogP contribution in [0.4, 0.5) is 14.6 Å². The van der Waals surface area contributed by atoms with Crippen molar-refractivity contribution >= 4 is 56.9 Å². The van der Waals surface area contributed by atoms with Crippen molar-refractivity contribution in [2.75, 3.05) is 25.6 Å². The highest BCUT2D eigenvalue weighted by atomic mass is 19.1. The SMILES string of the molecule is CCCCc1nc2c(N)nc3ccccc3c2n1CCCCCC(=O)c1cc(F)c(CC(=O)[C@H](CCCCC(N)=O)NC(=O)[C@@H](CC(=O)CCOCCON)C(C)C)c(F)c1. The number of nitrogens with one attached hydrogen (secondary N) is 1. The van der Waals surface area contributed by atoms with E-state index in [2.05, 4.69) is 26.6 Å². The molecule has 2 atom stereocenters. The molecule has 0 fully saturated rings. The first-order valence-corrected chi connectivity index (χ1v) is 21.3. The summed E-state index contributed by atoms with van der Waals surface area (Å²) in [6.45, 7) is 6.80. The molecule has 0 saturated carbocycles. The molecular formula is C45H61F2N7O7. The van der Waals surface area contributed by atoms with E-state index in [-0.39, 0.29) is 69.2 Å². The minimum absolute atomic E-state index is 0.0584. The average Bonchev–Trinajstić information content (AvgIpc) is 3.59. The Hall–Kier alpha value is -5.19. The second kappa shape index (κ2) is 24.3. The van der Waals surface area contributed by atoms with Gasteiger partial charge in [-0.2, -0.15) is 0 Å².